The number of unbranched alkanes of at least 4 members (excludes halogenated alkanes) is 1. The molecule has 3 amide bonds. The quantitative estimate of drug-likeness (QED) is 0.0910. The number of fused-ring (bicyclic) bond motifs is 2. The zero-order chi connectivity index (χ0) is 51.4. The minimum Gasteiger partial charge on any atom is -0.458 e. The third kappa shape index (κ3) is 19.2. The maximum Gasteiger partial charge on any atom is 0.509 e. The van der Waals surface area contributed by atoms with Crippen LogP contribution in [0.2, 0.25) is 0 Å². The molecule has 1 unspecified atom stereocenters. The van der Waals surface area contributed by atoms with Crippen molar-refractivity contribution in [2.75, 3.05) is 58.1 Å². The van der Waals surface area contributed by atoms with Gasteiger partial charge in [-0.15, -0.1) is 0 Å². The number of hydrogen-bond acceptors (Lipinski definition) is 15. The minimum absolute atomic E-state index is 0.0382. The summed E-state index contributed by atoms with van der Waals surface area (Å²) in [5.41, 5.74) is 14.7. The Labute approximate surface area is 401 Å². The van der Waals surface area contributed by atoms with Gasteiger partial charge in [0.25, 0.3) is 0 Å². The molecule has 2 aliphatic rings. The molecule has 2 aliphatic heterocycles. The number of carbonyl (C=O) groups excluding carboxylic acids is 6. The number of aldehydes is 1. The van der Waals surface area contributed by atoms with Crippen LogP contribution in [0.5, 0.6) is 0 Å². The van der Waals surface area contributed by atoms with Crippen LogP contribution in [0.15, 0.2) is 65.8 Å². The van der Waals surface area contributed by atoms with E-state index in [-0.39, 0.29) is 50.1 Å². The van der Waals surface area contributed by atoms with E-state index in [0.29, 0.717) is 60.4 Å². The highest BCUT2D eigenvalue weighted by Gasteiger charge is 2.37. The molecule has 0 aliphatic carbocycles. The number of cyclic esters (lactones) is 1. The van der Waals surface area contributed by atoms with Gasteiger partial charge in [0.05, 0.1) is 29.7 Å². The number of hydrogen-bond donors (Lipinski definition) is 4. The predicted molar refractivity (Wildman–Crippen MR) is 262 cm³/mol. The van der Waals surface area contributed by atoms with E-state index in [1.54, 1.807) is 30.3 Å². The molecule has 2 aromatic carbocycles. The highest BCUT2D eigenvalue weighted by Crippen LogP contribution is 2.38. The third-order valence-electron chi connectivity index (χ3n) is 9.58. The zero-order valence-corrected chi connectivity index (χ0v) is 41.9. The van der Waals surface area contributed by atoms with Gasteiger partial charge in [-0.1, -0.05) is 71.4 Å². The average molecular weight is 970 g/mol. The molecule has 376 valence electrons. The normalized spacial score (nSPS) is 14.4. The largest absolute Gasteiger partial charge is 0.509 e. The van der Waals surface area contributed by atoms with E-state index in [1.165, 1.54) is 23.4 Å². The van der Waals surface area contributed by atoms with Crippen LogP contribution in [0.25, 0.3) is 16.6 Å². The van der Waals surface area contributed by atoms with Crippen molar-refractivity contribution in [3.63, 3.8) is 0 Å². The van der Waals surface area contributed by atoms with Gasteiger partial charge in [-0.3, -0.25) is 19.2 Å². The van der Waals surface area contributed by atoms with E-state index >= 15 is 0 Å². The van der Waals surface area contributed by atoms with Gasteiger partial charge in [0.15, 0.2) is 0 Å². The van der Waals surface area contributed by atoms with Crippen molar-refractivity contribution in [2.24, 2.45) is 11.5 Å². The van der Waals surface area contributed by atoms with Crippen molar-refractivity contribution in [2.45, 2.75) is 99.9 Å². The zero-order valence-electron chi connectivity index (χ0n) is 41.1. The van der Waals surface area contributed by atoms with Crippen LogP contribution in [0.3, 0.4) is 0 Å². The second-order valence-corrected chi connectivity index (χ2v) is 16.7. The smallest absolute Gasteiger partial charge is 0.458 e. The average Bonchev–Trinajstić information content (AvgIpc) is 3.63. The molecular weight excluding hydrogens is 899 g/mol. The maximum absolute atomic E-state index is 13.0. The molecule has 20 heteroatoms. The molecule has 3 heterocycles. The Morgan fingerprint density at radius 2 is 1.71 bits per heavy atom. The molecule has 6 N–H and O–H groups in total. The molecule has 5 rings (SSSR count). The highest BCUT2D eigenvalue weighted by molar-refractivity contribution is 7.88. The van der Waals surface area contributed by atoms with Crippen LogP contribution in [-0.2, 0) is 72.5 Å². The van der Waals surface area contributed by atoms with Gasteiger partial charge in [-0.05, 0) is 75.6 Å². The molecule has 0 fully saturated rings. The Morgan fingerprint density at radius 1 is 1.04 bits per heavy atom. The second-order valence-electron chi connectivity index (χ2n) is 14.8. The summed E-state index contributed by atoms with van der Waals surface area (Å²) in [6.45, 7) is 16.9. The number of carbonyl (C=O) groups is 6. The molecule has 0 radical (unpaired) electrons. The molecule has 19 nitrogen and oxygen atoms in total. The lowest BCUT2D eigenvalue weighted by Gasteiger charge is -2.25. The Bertz CT molecular complexity index is 2280. The number of aromatic nitrogens is 1. The fraction of sp³-hybridized carbons (Fsp3) is 0.479. The van der Waals surface area contributed by atoms with E-state index in [9.17, 15) is 37.2 Å². The first kappa shape index (κ1) is 59.8. The minimum atomic E-state index is -3.46. The maximum atomic E-state index is 13.0. The van der Waals surface area contributed by atoms with Crippen LogP contribution in [-0.4, -0.2) is 124 Å². The van der Waals surface area contributed by atoms with Gasteiger partial charge < -0.3 is 45.9 Å². The number of nitrogens with one attached hydrogen (secondary N) is 2. The number of anilines is 1. The Hall–Kier alpha value is -6.22. The Kier molecular flexibility index (Phi) is 27.9. The topological polar surface area (TPSA) is 269 Å². The molecule has 3 aromatic rings. The van der Waals surface area contributed by atoms with Crippen LogP contribution in [0.4, 0.5) is 10.5 Å². The van der Waals surface area contributed by atoms with Crippen LogP contribution < -0.4 is 22.1 Å². The monoisotopic (exact) mass is 969 g/mol. The number of primary amides is 1. The summed E-state index contributed by atoms with van der Waals surface area (Å²) in [6.07, 6.45) is 3.74. The van der Waals surface area contributed by atoms with Gasteiger partial charge in [-0.25, -0.2) is 23.0 Å². The van der Waals surface area contributed by atoms with Gasteiger partial charge in [-0.2, -0.15) is 4.31 Å². The number of pyridine rings is 1. The summed E-state index contributed by atoms with van der Waals surface area (Å²) in [7, 11) is -1.64. The van der Waals surface area contributed by atoms with E-state index < -0.39 is 40.1 Å². The van der Waals surface area contributed by atoms with Gasteiger partial charge >= 0.3 is 12.1 Å². The van der Waals surface area contributed by atoms with Crippen molar-refractivity contribution in [3.8, 4) is 0 Å². The molecule has 0 spiro atoms. The summed E-state index contributed by atoms with van der Waals surface area (Å²) in [5.74, 6) is -1.73. The van der Waals surface area contributed by atoms with E-state index in [4.69, 9.17) is 30.7 Å². The number of nitrogens with zero attached hydrogens (tertiary/aromatic N) is 3. The number of nitrogens with two attached hydrogens (primary N) is 2. The number of esters is 1. The number of sulfonamides is 1. The number of benzene rings is 2. The fourth-order valence-electron chi connectivity index (χ4n) is 6.53. The van der Waals surface area contributed by atoms with Crippen molar-refractivity contribution in [1.82, 2.24) is 19.5 Å². The van der Waals surface area contributed by atoms with E-state index in [2.05, 4.69) is 22.3 Å². The number of para-hydroxylation sites is 1. The predicted octanol–water partition coefficient (Wildman–Crippen LogP) is 5.00. The Morgan fingerprint density at radius 3 is 2.24 bits per heavy atom. The summed E-state index contributed by atoms with van der Waals surface area (Å²) in [5, 5.41) is 5.75. The van der Waals surface area contributed by atoms with Crippen molar-refractivity contribution < 1.29 is 56.1 Å². The molecule has 1 atom stereocenters. The molecule has 68 heavy (non-hydrogen) atoms. The SMILES string of the molecule is CC.CC.CC(C)N(CCc1c2c(nc3ccccc13)/C(=C/C1=C(C=O)COC(=O)C1OC(=O)OCc1ccc(NC(=O)CNC=O)cc1)N(C)C2)S(C)(=O)=O.CCCCN.CCOCC(N)=O. The summed E-state index contributed by atoms with van der Waals surface area (Å²) >= 11 is 0. The van der Waals surface area contributed by atoms with E-state index in [0.717, 1.165) is 23.1 Å². The van der Waals surface area contributed by atoms with Crippen LogP contribution in [0, 0.1) is 0 Å². The standard InChI is InChI=1S/C36H39N5O10S.C4H9NO2.C4H11N.2C2H6/c1-22(2)41(52(4,47)48)14-13-26-27-7-5-6-8-30(27)39-33-29(26)17-40(3)31(33)15-28-24(18-42)20-49-35(45)34(28)51-36(46)50-19-23-9-11-25(12-10-23)38-32(44)16-37-21-43;1-2-7-3-4(5)6;1-2-3-4-5;2*1-2/h5-12,15,18,21-22,34H,13-14,16-17,19-20H2,1-4H3,(H,37,43)(H,38,44);2-3H2,1H3,(H2,5,6);2-5H2,1H3;2*1-2H3/b31-15-;;;;. The highest BCUT2D eigenvalue weighted by atomic mass is 32.2. The van der Waals surface area contributed by atoms with Gasteiger partial charge in [0.2, 0.25) is 34.4 Å². The van der Waals surface area contributed by atoms with Gasteiger partial charge in [0, 0.05) is 60.6 Å². The van der Waals surface area contributed by atoms with Gasteiger partial charge in [0.1, 0.15) is 26.1 Å². The lowest BCUT2D eigenvalue weighted by Crippen LogP contribution is -2.37. The van der Waals surface area contributed by atoms with Crippen LogP contribution in [0.1, 0.15) is 90.6 Å². The lowest BCUT2D eigenvalue weighted by atomic mass is 9.96. The first-order valence-corrected chi connectivity index (χ1v) is 24.4. The van der Waals surface area contributed by atoms with E-state index in [1.807, 2.05) is 84.7 Å². The number of ether oxygens (including phenoxy) is 4. The first-order valence-electron chi connectivity index (χ1n) is 22.6. The Balaban J connectivity index is 0.00000126. The number of amides is 3. The molecule has 0 saturated heterocycles. The fourth-order valence-corrected chi connectivity index (χ4v) is 7.72. The van der Waals surface area contributed by atoms with Crippen molar-refractivity contribution >= 4 is 68.9 Å². The molecule has 1 aromatic heterocycles. The summed E-state index contributed by atoms with van der Waals surface area (Å²) in [6, 6.07) is 13.7. The summed E-state index contributed by atoms with van der Waals surface area (Å²) < 4.78 is 47.0. The number of rotatable bonds is 19. The second kappa shape index (κ2) is 31.7. The molecule has 0 bridgehead atoms. The van der Waals surface area contributed by atoms with Crippen LogP contribution >= 0.6 is 0 Å². The third-order valence-corrected chi connectivity index (χ3v) is 11.0. The van der Waals surface area contributed by atoms with Crippen molar-refractivity contribution in [3.05, 3.63) is 88.1 Å². The summed E-state index contributed by atoms with van der Waals surface area (Å²) in [4.78, 5) is 76.9. The lowest BCUT2D eigenvalue weighted by molar-refractivity contribution is -0.153. The first-order chi connectivity index (χ1) is 32.5. The van der Waals surface area contributed by atoms with Crippen molar-refractivity contribution in [1.29, 1.82) is 0 Å². The molecular formula is C48H71N7O12S. The molecule has 0 saturated carbocycles.